The second kappa shape index (κ2) is 14.3. The van der Waals surface area contributed by atoms with Crippen LogP contribution in [0.1, 0.15) is 98.0 Å². The Morgan fingerprint density at radius 1 is 1.04 bits per heavy atom. The highest BCUT2D eigenvalue weighted by Crippen LogP contribution is 2.48. The quantitative estimate of drug-likeness (QED) is 0.184. The van der Waals surface area contributed by atoms with Gasteiger partial charge in [0.2, 0.25) is 21.7 Å². The maximum Gasteiger partial charge on any atom is 0.452 e. The van der Waals surface area contributed by atoms with Crippen LogP contribution >= 0.6 is 0 Å². The van der Waals surface area contributed by atoms with Crippen molar-refractivity contribution in [2.24, 2.45) is 5.41 Å². The molecule has 0 radical (unpaired) electrons. The monoisotopic (exact) mass is 797 g/mol. The van der Waals surface area contributed by atoms with E-state index in [0.717, 1.165) is 35.2 Å². The van der Waals surface area contributed by atoms with Crippen LogP contribution in [0.15, 0.2) is 41.4 Å². The molecule has 1 spiro atoms. The van der Waals surface area contributed by atoms with Crippen molar-refractivity contribution in [3.8, 4) is 5.88 Å². The van der Waals surface area contributed by atoms with Crippen molar-refractivity contribution in [2.45, 2.75) is 109 Å². The van der Waals surface area contributed by atoms with Gasteiger partial charge >= 0.3 is 12.1 Å². The molecule has 3 aromatic heterocycles. The number of alkyl halides is 3. The van der Waals surface area contributed by atoms with Crippen LogP contribution in [0.4, 0.5) is 19.0 Å². The van der Waals surface area contributed by atoms with Gasteiger partial charge in [0, 0.05) is 38.3 Å². The molecule has 2 aliphatic heterocycles. The first kappa shape index (κ1) is 39.9. The Kier molecular flexibility index (Phi) is 10.2. The second-order valence-corrected chi connectivity index (χ2v) is 18.5. The van der Waals surface area contributed by atoms with Crippen LogP contribution < -0.4 is 9.64 Å². The van der Waals surface area contributed by atoms with Gasteiger partial charge in [-0.2, -0.15) is 22.5 Å². The van der Waals surface area contributed by atoms with E-state index in [0.29, 0.717) is 40.9 Å². The fourth-order valence-corrected chi connectivity index (χ4v) is 9.92. The predicted octanol–water partition coefficient (Wildman–Crippen LogP) is 6.74. The van der Waals surface area contributed by atoms with E-state index in [1.54, 1.807) is 32.9 Å². The molecule has 5 heterocycles. The number of benzene rings is 1. The van der Waals surface area contributed by atoms with E-state index in [9.17, 15) is 31.5 Å². The number of likely N-dealkylation sites (N-methyl/N-ethyl adjacent to an activating group) is 1. The number of hydrogen-bond donors (Lipinski definition) is 1. The Morgan fingerprint density at radius 2 is 1.73 bits per heavy atom. The predicted molar refractivity (Wildman–Crippen MR) is 204 cm³/mol. The van der Waals surface area contributed by atoms with Crippen LogP contribution in [-0.4, -0.2) is 93.2 Å². The first-order chi connectivity index (χ1) is 26.2. The van der Waals surface area contributed by atoms with Crippen LogP contribution in [0.3, 0.4) is 0 Å². The van der Waals surface area contributed by atoms with E-state index >= 15 is 0 Å². The van der Waals surface area contributed by atoms with Crippen molar-refractivity contribution in [2.75, 3.05) is 38.1 Å². The van der Waals surface area contributed by atoms with Crippen LogP contribution in [0.25, 0.3) is 5.65 Å². The lowest BCUT2D eigenvalue weighted by molar-refractivity contribution is -0.147. The number of hydrogen-bond acceptors (Lipinski definition) is 9. The van der Waals surface area contributed by atoms with Gasteiger partial charge in [-0.05, 0) is 126 Å². The zero-order valence-corrected chi connectivity index (χ0v) is 33.8. The fourth-order valence-electron chi connectivity index (χ4n) is 8.29. The molecule has 7 rings (SSSR count). The topological polar surface area (TPSA) is 133 Å². The average Bonchev–Trinajstić information content (AvgIpc) is 3.74. The third-order valence-corrected chi connectivity index (χ3v) is 13.8. The molecule has 1 aliphatic carbocycles. The van der Waals surface area contributed by atoms with Gasteiger partial charge in [-0.3, -0.25) is 9.20 Å². The zero-order chi connectivity index (χ0) is 40.5. The van der Waals surface area contributed by atoms with Gasteiger partial charge < -0.3 is 19.6 Å². The van der Waals surface area contributed by atoms with Crippen molar-refractivity contribution >= 4 is 27.5 Å². The summed E-state index contributed by atoms with van der Waals surface area (Å²) in [5.74, 6) is -2.37. The Morgan fingerprint density at radius 3 is 2.38 bits per heavy atom. The van der Waals surface area contributed by atoms with Gasteiger partial charge in [0.1, 0.15) is 16.3 Å². The number of aryl methyl sites for hydroxylation is 3. The standard InChI is InChI=1S/C40H50F3N7O5S/c1-24-11-12-28(32(38(5,6)37(51)52)30-13-18-50-34(27(30)4)45-46-36(50)40(41,42)43)20-29(24)22-49-23-39(14-15-39)55-35-31(56(49,53)54)19-25(2)33(44-35)47(7)26(3)21-48-16-9-8-10-17-48/h11-13,18-20,26,32H,8-10,14-17,21-23H2,1-7H3,(H,51,52)/t26-,32+/m0/s1. The number of likely N-dealkylation sites (tertiary alicyclic amines) is 1. The van der Waals surface area contributed by atoms with Gasteiger partial charge in [0.05, 0.1) is 12.0 Å². The minimum atomic E-state index is -4.74. The molecule has 0 amide bonds. The zero-order valence-electron chi connectivity index (χ0n) is 32.9. The van der Waals surface area contributed by atoms with Gasteiger partial charge in [-0.15, -0.1) is 10.2 Å². The van der Waals surface area contributed by atoms with Crippen molar-refractivity contribution in [1.82, 2.24) is 28.8 Å². The normalized spacial score (nSPS) is 19.6. The molecular formula is C40H50F3N7O5S. The maximum absolute atomic E-state index is 14.6. The van der Waals surface area contributed by atoms with Crippen LogP contribution in [-0.2, 0) is 27.5 Å². The highest BCUT2D eigenvalue weighted by atomic mass is 32.2. The molecule has 1 N–H and O–H groups in total. The lowest BCUT2D eigenvalue weighted by Gasteiger charge is -2.34. The third kappa shape index (κ3) is 7.23. The van der Waals surface area contributed by atoms with E-state index in [1.165, 1.54) is 35.8 Å². The number of pyridine rings is 2. The van der Waals surface area contributed by atoms with Crippen LogP contribution in [0.2, 0.25) is 0 Å². The van der Waals surface area contributed by atoms with Crippen LogP contribution in [0.5, 0.6) is 5.88 Å². The molecular weight excluding hydrogens is 748 g/mol. The summed E-state index contributed by atoms with van der Waals surface area (Å²) in [6.07, 6.45) is 1.44. The van der Waals surface area contributed by atoms with E-state index < -0.39 is 44.9 Å². The van der Waals surface area contributed by atoms with Crippen molar-refractivity contribution < 1.29 is 36.2 Å². The third-order valence-electron chi connectivity index (χ3n) is 12.0. The second-order valence-electron chi connectivity index (χ2n) is 16.6. The maximum atomic E-state index is 14.6. The molecule has 2 fully saturated rings. The average molecular weight is 798 g/mol. The van der Waals surface area contributed by atoms with E-state index in [4.69, 9.17) is 9.72 Å². The number of carboxylic acid groups (broad SMARTS) is 1. The van der Waals surface area contributed by atoms with Gasteiger partial charge in [-0.25, -0.2) is 8.42 Å². The minimum Gasteiger partial charge on any atom is -0.481 e. The number of piperidine rings is 1. The Balaban J connectivity index is 1.24. The van der Waals surface area contributed by atoms with Gasteiger partial charge in [0.15, 0.2) is 5.65 Å². The summed E-state index contributed by atoms with van der Waals surface area (Å²) < 4.78 is 79.2. The van der Waals surface area contributed by atoms with Crippen molar-refractivity contribution in [3.05, 3.63) is 75.7 Å². The summed E-state index contributed by atoms with van der Waals surface area (Å²) in [7, 11) is -2.14. The fraction of sp³-hybridized carbons (Fsp3) is 0.550. The lowest BCUT2D eigenvalue weighted by Crippen LogP contribution is -2.43. The highest BCUT2D eigenvalue weighted by molar-refractivity contribution is 7.89. The number of carboxylic acids is 1. The highest BCUT2D eigenvalue weighted by Gasteiger charge is 2.53. The molecule has 56 heavy (non-hydrogen) atoms. The Hall–Kier alpha value is -4.28. The summed E-state index contributed by atoms with van der Waals surface area (Å²) in [5.41, 5.74) is 1.35. The molecule has 0 unspecified atom stereocenters. The number of anilines is 1. The smallest absolute Gasteiger partial charge is 0.452 e. The number of ether oxygens (including phenoxy) is 1. The van der Waals surface area contributed by atoms with Crippen molar-refractivity contribution in [3.63, 3.8) is 0 Å². The van der Waals surface area contributed by atoms with E-state index in [2.05, 4.69) is 26.9 Å². The summed E-state index contributed by atoms with van der Waals surface area (Å²) in [6.45, 7) is 13.7. The number of halogens is 3. The molecule has 12 nitrogen and oxygen atoms in total. The largest absolute Gasteiger partial charge is 0.481 e. The molecule has 1 saturated carbocycles. The Labute approximate surface area is 325 Å². The molecule has 1 aromatic carbocycles. The van der Waals surface area contributed by atoms with E-state index in [1.807, 2.05) is 33.0 Å². The summed E-state index contributed by atoms with van der Waals surface area (Å²) in [4.78, 5) is 22.3. The summed E-state index contributed by atoms with van der Waals surface area (Å²) in [5, 5.41) is 17.7. The number of aromatic nitrogens is 4. The molecule has 2 atom stereocenters. The molecule has 1 saturated heterocycles. The molecule has 16 heteroatoms. The number of fused-ring (bicyclic) bond motifs is 2. The summed E-state index contributed by atoms with van der Waals surface area (Å²) >= 11 is 0. The molecule has 0 bridgehead atoms. The first-order valence-corrected chi connectivity index (χ1v) is 20.6. The number of sulfonamides is 1. The number of nitrogens with zero attached hydrogens (tertiary/aromatic N) is 7. The van der Waals surface area contributed by atoms with Gasteiger partial charge in [0.25, 0.3) is 0 Å². The molecule has 302 valence electrons. The SMILES string of the molecule is Cc1ccc([C@H](c2ccn3c(C(F)(F)F)nnc3c2C)C(C)(C)C(=O)O)cc1CN1CC2(CC2)Oc2nc(N(C)[C@@H](C)CN3CCCCC3)c(C)cc2S1(=O)=O. The van der Waals surface area contributed by atoms with Crippen LogP contribution in [0, 0.1) is 26.2 Å². The summed E-state index contributed by atoms with van der Waals surface area (Å²) in [6, 6.07) is 8.70. The first-order valence-electron chi connectivity index (χ1n) is 19.1. The number of carbonyl (C=O) groups is 1. The van der Waals surface area contributed by atoms with Gasteiger partial charge in [-0.1, -0.05) is 24.6 Å². The lowest BCUT2D eigenvalue weighted by atomic mass is 9.70. The number of rotatable bonds is 10. The molecule has 4 aromatic rings. The van der Waals surface area contributed by atoms with Crippen molar-refractivity contribution in [1.29, 1.82) is 0 Å². The Bertz CT molecular complexity index is 2280. The number of aliphatic carboxylic acids is 1. The molecule has 3 aliphatic rings. The minimum absolute atomic E-state index is 0.00811. The van der Waals surface area contributed by atoms with E-state index in [-0.39, 0.29) is 35.6 Å².